The third kappa shape index (κ3) is 2.24. The Morgan fingerprint density at radius 2 is 1.81 bits per heavy atom. The lowest BCUT2D eigenvalue weighted by atomic mass is 10.0. The van der Waals surface area contributed by atoms with E-state index in [0.29, 0.717) is 6.54 Å². The molecule has 1 heterocycles. The molecule has 0 fully saturated rings. The van der Waals surface area contributed by atoms with Gasteiger partial charge < -0.3 is 10.3 Å². The number of nitrogens with zero attached hydrogens (tertiary/aromatic N) is 2. The van der Waals surface area contributed by atoms with E-state index in [0.717, 1.165) is 23.4 Å². The van der Waals surface area contributed by atoms with Crippen LogP contribution in [-0.4, -0.2) is 9.55 Å². The standard InChI is InChI=1S/C18H21N3/c1-4-21-16-9-8-14(11-19)10-15(16)20-18(21)17-12(2)6-5-7-13(17)3/h5-10H,4,11,19H2,1-3H3. The zero-order valence-electron chi connectivity index (χ0n) is 12.9. The number of aromatic nitrogens is 2. The highest BCUT2D eigenvalue weighted by Gasteiger charge is 2.15. The largest absolute Gasteiger partial charge is 0.326 e. The molecular formula is C18H21N3. The number of imidazole rings is 1. The minimum absolute atomic E-state index is 0.549. The first kappa shape index (κ1) is 13.8. The van der Waals surface area contributed by atoms with Crippen LogP contribution in [0.25, 0.3) is 22.4 Å². The molecule has 0 amide bonds. The van der Waals surface area contributed by atoms with Gasteiger partial charge in [0.05, 0.1) is 11.0 Å². The molecule has 21 heavy (non-hydrogen) atoms. The van der Waals surface area contributed by atoms with E-state index in [1.807, 2.05) is 0 Å². The highest BCUT2D eigenvalue weighted by Crippen LogP contribution is 2.30. The second kappa shape index (κ2) is 5.34. The van der Waals surface area contributed by atoms with Gasteiger partial charge >= 0.3 is 0 Å². The molecule has 1 aromatic heterocycles. The normalized spacial score (nSPS) is 11.2. The van der Waals surface area contributed by atoms with Crippen LogP contribution >= 0.6 is 0 Å². The van der Waals surface area contributed by atoms with E-state index in [2.05, 4.69) is 61.7 Å². The van der Waals surface area contributed by atoms with Crippen LogP contribution in [0.3, 0.4) is 0 Å². The van der Waals surface area contributed by atoms with E-state index in [1.54, 1.807) is 0 Å². The van der Waals surface area contributed by atoms with Gasteiger partial charge in [0, 0.05) is 18.7 Å². The average molecular weight is 279 g/mol. The fourth-order valence-electron chi connectivity index (χ4n) is 2.98. The summed E-state index contributed by atoms with van der Waals surface area (Å²) in [5.41, 5.74) is 12.8. The van der Waals surface area contributed by atoms with E-state index >= 15 is 0 Å². The van der Waals surface area contributed by atoms with Crippen LogP contribution in [0.2, 0.25) is 0 Å². The van der Waals surface area contributed by atoms with Crippen molar-refractivity contribution in [3.05, 3.63) is 53.1 Å². The van der Waals surface area contributed by atoms with Crippen LogP contribution in [0.1, 0.15) is 23.6 Å². The molecular weight excluding hydrogens is 258 g/mol. The van der Waals surface area contributed by atoms with Crippen LogP contribution in [0.4, 0.5) is 0 Å². The topological polar surface area (TPSA) is 43.8 Å². The first-order chi connectivity index (χ1) is 10.2. The number of nitrogens with two attached hydrogens (primary N) is 1. The van der Waals surface area contributed by atoms with Crippen molar-refractivity contribution in [2.24, 2.45) is 5.73 Å². The van der Waals surface area contributed by atoms with Gasteiger partial charge in [0.15, 0.2) is 0 Å². The Morgan fingerprint density at radius 3 is 2.43 bits per heavy atom. The van der Waals surface area contributed by atoms with Gasteiger partial charge in [-0.2, -0.15) is 0 Å². The molecule has 3 aromatic rings. The Kier molecular flexibility index (Phi) is 3.52. The van der Waals surface area contributed by atoms with Crippen LogP contribution in [-0.2, 0) is 13.1 Å². The predicted molar refractivity (Wildman–Crippen MR) is 88.2 cm³/mol. The molecule has 0 spiro atoms. The van der Waals surface area contributed by atoms with Gasteiger partial charge in [-0.3, -0.25) is 0 Å². The fraction of sp³-hybridized carbons (Fsp3) is 0.278. The van der Waals surface area contributed by atoms with E-state index in [9.17, 15) is 0 Å². The maximum atomic E-state index is 5.74. The Hall–Kier alpha value is -2.13. The van der Waals surface area contributed by atoms with Crippen molar-refractivity contribution < 1.29 is 0 Å². The number of benzene rings is 2. The zero-order chi connectivity index (χ0) is 15.0. The molecule has 0 saturated heterocycles. The number of aryl methyl sites for hydroxylation is 3. The Balaban J connectivity index is 2.32. The summed E-state index contributed by atoms with van der Waals surface area (Å²) in [5.74, 6) is 1.05. The highest BCUT2D eigenvalue weighted by atomic mass is 15.1. The Labute approximate surface area is 125 Å². The molecule has 0 aliphatic rings. The van der Waals surface area contributed by atoms with Gasteiger partial charge in [-0.1, -0.05) is 24.3 Å². The fourth-order valence-corrected chi connectivity index (χ4v) is 2.98. The molecule has 3 nitrogen and oxygen atoms in total. The molecule has 0 bridgehead atoms. The molecule has 0 radical (unpaired) electrons. The summed E-state index contributed by atoms with van der Waals surface area (Å²) in [6, 6.07) is 12.7. The minimum atomic E-state index is 0.549. The van der Waals surface area contributed by atoms with E-state index in [1.165, 1.54) is 22.2 Å². The van der Waals surface area contributed by atoms with E-state index in [-0.39, 0.29) is 0 Å². The third-order valence-electron chi connectivity index (χ3n) is 4.07. The molecule has 0 aliphatic carbocycles. The first-order valence-electron chi connectivity index (χ1n) is 7.41. The summed E-state index contributed by atoms with van der Waals surface area (Å²) in [7, 11) is 0. The molecule has 108 valence electrons. The molecule has 0 unspecified atom stereocenters. The number of hydrogen-bond donors (Lipinski definition) is 1. The number of rotatable bonds is 3. The smallest absolute Gasteiger partial charge is 0.141 e. The highest BCUT2D eigenvalue weighted by molar-refractivity contribution is 5.82. The summed E-state index contributed by atoms with van der Waals surface area (Å²) in [6.07, 6.45) is 0. The van der Waals surface area contributed by atoms with Gasteiger partial charge in [0.2, 0.25) is 0 Å². The maximum Gasteiger partial charge on any atom is 0.141 e. The summed E-state index contributed by atoms with van der Waals surface area (Å²) in [6.45, 7) is 7.91. The SMILES string of the molecule is CCn1c(-c2c(C)cccc2C)nc2cc(CN)ccc21. The predicted octanol–water partition coefficient (Wildman–Crippen LogP) is 3.80. The lowest BCUT2D eigenvalue weighted by Crippen LogP contribution is -2.00. The van der Waals surface area contributed by atoms with Crippen molar-refractivity contribution in [3.8, 4) is 11.4 Å². The van der Waals surface area contributed by atoms with Crippen molar-refractivity contribution in [2.75, 3.05) is 0 Å². The van der Waals surface area contributed by atoms with Gasteiger partial charge in [-0.25, -0.2) is 4.98 Å². The monoisotopic (exact) mass is 279 g/mol. The summed E-state index contributed by atoms with van der Waals surface area (Å²) >= 11 is 0. The van der Waals surface area contributed by atoms with Crippen LogP contribution in [0, 0.1) is 13.8 Å². The lowest BCUT2D eigenvalue weighted by Gasteiger charge is -2.11. The van der Waals surface area contributed by atoms with Gasteiger partial charge in [-0.15, -0.1) is 0 Å². The average Bonchev–Trinajstić information content (AvgIpc) is 2.84. The quantitative estimate of drug-likeness (QED) is 0.792. The van der Waals surface area contributed by atoms with Crippen LogP contribution < -0.4 is 5.73 Å². The molecule has 2 N–H and O–H groups in total. The van der Waals surface area contributed by atoms with Gasteiger partial charge in [0.1, 0.15) is 5.82 Å². The van der Waals surface area contributed by atoms with E-state index in [4.69, 9.17) is 10.7 Å². The lowest BCUT2D eigenvalue weighted by molar-refractivity contribution is 0.795. The van der Waals surface area contributed by atoms with Crippen molar-refractivity contribution in [1.82, 2.24) is 9.55 Å². The molecule has 3 rings (SSSR count). The molecule has 0 saturated carbocycles. The van der Waals surface area contributed by atoms with Crippen molar-refractivity contribution in [3.63, 3.8) is 0 Å². The van der Waals surface area contributed by atoms with Crippen molar-refractivity contribution in [2.45, 2.75) is 33.9 Å². The van der Waals surface area contributed by atoms with Crippen molar-refractivity contribution >= 4 is 11.0 Å². The molecule has 2 aromatic carbocycles. The summed E-state index contributed by atoms with van der Waals surface area (Å²) < 4.78 is 2.28. The van der Waals surface area contributed by atoms with Crippen molar-refractivity contribution in [1.29, 1.82) is 0 Å². The molecule has 0 aliphatic heterocycles. The zero-order valence-corrected chi connectivity index (χ0v) is 12.9. The third-order valence-corrected chi connectivity index (χ3v) is 4.07. The number of hydrogen-bond acceptors (Lipinski definition) is 2. The Bertz CT molecular complexity index is 779. The first-order valence-corrected chi connectivity index (χ1v) is 7.41. The summed E-state index contributed by atoms with van der Waals surface area (Å²) in [4.78, 5) is 4.89. The minimum Gasteiger partial charge on any atom is -0.326 e. The van der Waals surface area contributed by atoms with Gasteiger partial charge in [-0.05, 0) is 49.6 Å². The van der Waals surface area contributed by atoms with Crippen LogP contribution in [0.15, 0.2) is 36.4 Å². The van der Waals surface area contributed by atoms with E-state index < -0.39 is 0 Å². The maximum absolute atomic E-state index is 5.74. The molecule has 0 atom stereocenters. The molecule has 3 heteroatoms. The second-order valence-electron chi connectivity index (χ2n) is 5.47. The Morgan fingerprint density at radius 1 is 1.10 bits per heavy atom. The second-order valence-corrected chi connectivity index (χ2v) is 5.47. The van der Waals surface area contributed by atoms with Gasteiger partial charge in [0.25, 0.3) is 0 Å². The van der Waals surface area contributed by atoms with Crippen LogP contribution in [0.5, 0.6) is 0 Å². The summed E-state index contributed by atoms with van der Waals surface area (Å²) in [5, 5.41) is 0. The number of fused-ring (bicyclic) bond motifs is 1.